The molecule has 1 heterocycles. The number of primary amides is 1. The van der Waals surface area contributed by atoms with Crippen LogP contribution in [0.15, 0.2) is 5.10 Å². The van der Waals surface area contributed by atoms with E-state index < -0.39 is 11.6 Å². The Balaban J connectivity index is 2.76. The minimum Gasteiger partial charge on any atom is -0.364 e. The molecule has 1 saturated heterocycles. The third-order valence-corrected chi connectivity index (χ3v) is 2.49. The van der Waals surface area contributed by atoms with Gasteiger partial charge >= 0.3 is 6.03 Å². The summed E-state index contributed by atoms with van der Waals surface area (Å²) in [5, 5.41) is 3.97. The monoisotopic (exact) mass is 213 g/mol. The van der Waals surface area contributed by atoms with Gasteiger partial charge in [0, 0.05) is 0 Å². The molecule has 0 spiro atoms. The number of hydrazone groups is 1. The first kappa shape index (κ1) is 12.0. The van der Waals surface area contributed by atoms with Crippen molar-refractivity contribution < 1.29 is 9.53 Å². The Hall–Kier alpha value is -1.10. The molecule has 1 fully saturated rings. The summed E-state index contributed by atoms with van der Waals surface area (Å²) in [6, 6.07) is -0.650. The predicted octanol–water partition coefficient (Wildman–Crippen LogP) is 1.38. The minimum absolute atomic E-state index is 0.144. The molecule has 1 rings (SSSR count). The highest BCUT2D eigenvalue weighted by atomic mass is 16.5. The highest BCUT2D eigenvalue weighted by Crippen LogP contribution is 2.32. The van der Waals surface area contributed by atoms with Crippen molar-refractivity contribution in [3.63, 3.8) is 0 Å². The number of urea groups is 1. The van der Waals surface area contributed by atoms with E-state index in [-0.39, 0.29) is 5.60 Å². The molecule has 1 aliphatic rings. The van der Waals surface area contributed by atoms with Gasteiger partial charge in [-0.25, -0.2) is 10.2 Å². The summed E-state index contributed by atoms with van der Waals surface area (Å²) in [5.41, 5.74) is 7.42. The van der Waals surface area contributed by atoms with Crippen LogP contribution in [-0.2, 0) is 4.74 Å². The zero-order chi connectivity index (χ0) is 11.7. The summed E-state index contributed by atoms with van der Waals surface area (Å²) in [4.78, 5) is 10.5. The van der Waals surface area contributed by atoms with Crippen LogP contribution < -0.4 is 11.2 Å². The SMILES string of the molecule is CC1(C)CC/C(=N/NC(N)=O)C(C)(C)O1. The first-order chi connectivity index (χ1) is 6.73. The van der Waals surface area contributed by atoms with Gasteiger partial charge in [-0.3, -0.25) is 0 Å². The van der Waals surface area contributed by atoms with E-state index >= 15 is 0 Å². The second-order valence-corrected chi connectivity index (χ2v) is 4.91. The largest absolute Gasteiger partial charge is 0.364 e. The normalized spacial score (nSPS) is 26.3. The fourth-order valence-electron chi connectivity index (χ4n) is 1.83. The molecule has 2 amide bonds. The molecule has 15 heavy (non-hydrogen) atoms. The van der Waals surface area contributed by atoms with E-state index in [4.69, 9.17) is 10.5 Å². The Morgan fingerprint density at radius 1 is 1.47 bits per heavy atom. The molecule has 86 valence electrons. The van der Waals surface area contributed by atoms with E-state index in [1.807, 2.05) is 27.7 Å². The molecule has 1 aliphatic heterocycles. The van der Waals surface area contributed by atoms with Gasteiger partial charge < -0.3 is 10.5 Å². The van der Waals surface area contributed by atoms with E-state index in [0.29, 0.717) is 0 Å². The third-order valence-electron chi connectivity index (χ3n) is 2.49. The number of nitrogens with two attached hydrogens (primary N) is 1. The molecule has 0 aromatic rings. The van der Waals surface area contributed by atoms with Gasteiger partial charge in [0.2, 0.25) is 0 Å². The molecular formula is C10H19N3O2. The third kappa shape index (κ3) is 3.20. The van der Waals surface area contributed by atoms with Crippen molar-refractivity contribution in [2.45, 2.75) is 51.7 Å². The number of ether oxygens (including phenoxy) is 1. The number of amides is 2. The van der Waals surface area contributed by atoms with Gasteiger partial charge in [0.1, 0.15) is 5.60 Å². The lowest BCUT2D eigenvalue weighted by atomic mass is 9.87. The average molecular weight is 213 g/mol. The summed E-state index contributed by atoms with van der Waals surface area (Å²) in [6.45, 7) is 7.98. The Morgan fingerprint density at radius 3 is 2.53 bits per heavy atom. The van der Waals surface area contributed by atoms with E-state index in [2.05, 4.69) is 10.5 Å². The van der Waals surface area contributed by atoms with Gasteiger partial charge in [-0.2, -0.15) is 5.10 Å². The topological polar surface area (TPSA) is 76.7 Å². The van der Waals surface area contributed by atoms with Gasteiger partial charge in [0.25, 0.3) is 0 Å². The Morgan fingerprint density at radius 2 is 2.07 bits per heavy atom. The van der Waals surface area contributed by atoms with E-state index in [1.54, 1.807) is 0 Å². The van der Waals surface area contributed by atoms with Crippen molar-refractivity contribution >= 4 is 11.7 Å². The number of carbonyl (C=O) groups excluding carboxylic acids is 1. The molecule has 3 N–H and O–H groups in total. The van der Waals surface area contributed by atoms with Gasteiger partial charge in [-0.1, -0.05) is 0 Å². The number of nitrogens with one attached hydrogen (secondary N) is 1. The van der Waals surface area contributed by atoms with Crippen LogP contribution in [0.2, 0.25) is 0 Å². The molecular weight excluding hydrogens is 194 g/mol. The lowest BCUT2D eigenvalue weighted by Gasteiger charge is -2.42. The van der Waals surface area contributed by atoms with Crippen LogP contribution in [0.1, 0.15) is 40.5 Å². The van der Waals surface area contributed by atoms with Gasteiger partial charge in [0.15, 0.2) is 0 Å². The fraction of sp³-hybridized carbons (Fsp3) is 0.800. The van der Waals surface area contributed by atoms with Gasteiger partial charge in [0.05, 0.1) is 11.3 Å². The lowest BCUT2D eigenvalue weighted by Crippen LogP contribution is -2.49. The number of rotatable bonds is 1. The molecule has 0 atom stereocenters. The summed E-state index contributed by atoms with van der Waals surface area (Å²) >= 11 is 0. The molecule has 0 unspecified atom stereocenters. The zero-order valence-corrected chi connectivity index (χ0v) is 9.76. The summed E-state index contributed by atoms with van der Waals surface area (Å²) < 4.78 is 5.88. The van der Waals surface area contributed by atoms with Crippen LogP contribution in [0.3, 0.4) is 0 Å². The molecule has 0 aromatic carbocycles. The maximum Gasteiger partial charge on any atom is 0.332 e. The van der Waals surface area contributed by atoms with Crippen molar-refractivity contribution in [2.75, 3.05) is 0 Å². The highest BCUT2D eigenvalue weighted by Gasteiger charge is 2.38. The molecule has 0 aliphatic carbocycles. The van der Waals surface area contributed by atoms with E-state index in [1.165, 1.54) is 0 Å². The van der Waals surface area contributed by atoms with Crippen molar-refractivity contribution in [1.82, 2.24) is 5.43 Å². The van der Waals surface area contributed by atoms with Crippen LogP contribution >= 0.6 is 0 Å². The maximum atomic E-state index is 10.5. The quantitative estimate of drug-likeness (QED) is 0.645. The lowest BCUT2D eigenvalue weighted by molar-refractivity contribution is -0.103. The molecule has 0 radical (unpaired) electrons. The number of nitrogens with zero attached hydrogens (tertiary/aromatic N) is 1. The fourth-order valence-corrected chi connectivity index (χ4v) is 1.83. The minimum atomic E-state index is -0.650. The van der Waals surface area contributed by atoms with Crippen molar-refractivity contribution in [3.05, 3.63) is 0 Å². The highest BCUT2D eigenvalue weighted by molar-refractivity contribution is 5.93. The summed E-state index contributed by atoms with van der Waals surface area (Å²) in [7, 11) is 0. The zero-order valence-electron chi connectivity index (χ0n) is 9.76. The Kier molecular flexibility index (Phi) is 3.04. The second kappa shape index (κ2) is 3.81. The molecule has 0 bridgehead atoms. The van der Waals surface area contributed by atoms with Gasteiger partial charge in [-0.15, -0.1) is 0 Å². The summed E-state index contributed by atoms with van der Waals surface area (Å²) in [6.07, 6.45) is 1.69. The molecule has 5 heteroatoms. The van der Waals surface area contributed by atoms with Gasteiger partial charge in [-0.05, 0) is 40.5 Å². The predicted molar refractivity (Wildman–Crippen MR) is 58.6 cm³/mol. The first-order valence-electron chi connectivity index (χ1n) is 5.06. The number of hydrogen-bond acceptors (Lipinski definition) is 3. The standard InChI is InChI=1S/C10H19N3O2/c1-9(2)6-5-7(10(3,4)15-9)12-13-8(11)14/h5-6H2,1-4H3,(H3,11,13,14)/b12-7-. The van der Waals surface area contributed by atoms with Crippen LogP contribution in [0, 0.1) is 0 Å². The van der Waals surface area contributed by atoms with Crippen LogP contribution in [-0.4, -0.2) is 22.9 Å². The first-order valence-corrected chi connectivity index (χ1v) is 5.06. The maximum absolute atomic E-state index is 10.5. The number of carbonyl (C=O) groups is 1. The van der Waals surface area contributed by atoms with Crippen LogP contribution in [0.4, 0.5) is 4.79 Å². The van der Waals surface area contributed by atoms with Crippen LogP contribution in [0.5, 0.6) is 0 Å². The molecule has 0 saturated carbocycles. The van der Waals surface area contributed by atoms with Crippen LogP contribution in [0.25, 0.3) is 0 Å². The number of hydrogen-bond donors (Lipinski definition) is 2. The molecule has 5 nitrogen and oxygen atoms in total. The van der Waals surface area contributed by atoms with Crippen molar-refractivity contribution in [2.24, 2.45) is 10.8 Å². The van der Waals surface area contributed by atoms with Crippen molar-refractivity contribution in [1.29, 1.82) is 0 Å². The Bertz CT molecular complexity index is 295. The van der Waals surface area contributed by atoms with E-state index in [9.17, 15) is 4.79 Å². The smallest absolute Gasteiger partial charge is 0.332 e. The average Bonchev–Trinajstić information content (AvgIpc) is 1.98. The van der Waals surface area contributed by atoms with E-state index in [0.717, 1.165) is 18.6 Å². The summed E-state index contributed by atoms with van der Waals surface area (Å²) in [5.74, 6) is 0. The van der Waals surface area contributed by atoms with Crippen molar-refractivity contribution in [3.8, 4) is 0 Å². The molecule has 0 aromatic heterocycles. The Labute approximate surface area is 90.0 Å². The second-order valence-electron chi connectivity index (χ2n) is 4.91.